The summed E-state index contributed by atoms with van der Waals surface area (Å²) in [5.74, 6) is 3.61. The van der Waals surface area contributed by atoms with E-state index < -0.39 is 0 Å². The molecular weight excluding hydrogens is 224 g/mol. The van der Waals surface area contributed by atoms with Gasteiger partial charge in [-0.05, 0) is 48.8 Å². The molecule has 18 heavy (non-hydrogen) atoms. The largest absolute Gasteiger partial charge is 0.495 e. The van der Waals surface area contributed by atoms with Crippen LogP contribution in [0.15, 0.2) is 18.5 Å². The Morgan fingerprint density at radius 2 is 2.17 bits per heavy atom. The van der Waals surface area contributed by atoms with Crippen molar-refractivity contribution in [1.29, 1.82) is 0 Å². The molecule has 1 aromatic rings. The Bertz CT molecular complexity index is 411. The molecule has 2 aliphatic rings. The molecule has 0 spiro atoms. The Hall–Kier alpha value is -1.09. The van der Waals surface area contributed by atoms with E-state index in [9.17, 15) is 0 Å². The van der Waals surface area contributed by atoms with Crippen LogP contribution in [0.2, 0.25) is 0 Å². The van der Waals surface area contributed by atoms with Crippen molar-refractivity contribution in [3.8, 4) is 5.75 Å². The Kier molecular flexibility index (Phi) is 3.25. The Labute approximate surface area is 109 Å². The zero-order valence-electron chi connectivity index (χ0n) is 11.2. The summed E-state index contributed by atoms with van der Waals surface area (Å²) >= 11 is 0. The zero-order chi connectivity index (χ0) is 12.5. The number of rotatable bonds is 5. The molecule has 2 fully saturated rings. The lowest BCUT2D eigenvalue weighted by atomic mass is 9.98. The molecule has 0 radical (unpaired) electrons. The van der Waals surface area contributed by atoms with E-state index >= 15 is 0 Å². The molecule has 98 valence electrons. The van der Waals surface area contributed by atoms with Crippen LogP contribution in [0.25, 0.3) is 0 Å². The smallest absolute Gasteiger partial charge is 0.137 e. The van der Waals surface area contributed by atoms with Gasteiger partial charge >= 0.3 is 0 Å². The van der Waals surface area contributed by atoms with E-state index in [1.807, 2.05) is 6.20 Å². The maximum atomic E-state index is 5.29. The van der Waals surface area contributed by atoms with Crippen molar-refractivity contribution in [2.45, 2.75) is 32.2 Å². The van der Waals surface area contributed by atoms with Crippen LogP contribution < -0.4 is 10.1 Å². The summed E-state index contributed by atoms with van der Waals surface area (Å²) in [6.45, 7) is 3.19. The van der Waals surface area contributed by atoms with Crippen LogP contribution in [-0.4, -0.2) is 18.6 Å². The van der Waals surface area contributed by atoms with Crippen LogP contribution >= 0.6 is 0 Å². The standard InChI is InChI=1S/C15H22N2O/c1-3-17-15(14-12-5-4-6-13(12)14)10-7-11(18-2)9-16-8-10/h7-9,12-15,17H,3-6H2,1-2H3. The summed E-state index contributed by atoms with van der Waals surface area (Å²) < 4.78 is 5.29. The topological polar surface area (TPSA) is 34.2 Å². The molecule has 0 aromatic carbocycles. The Balaban J connectivity index is 1.80. The van der Waals surface area contributed by atoms with Gasteiger partial charge in [0.05, 0.1) is 13.3 Å². The first-order valence-corrected chi connectivity index (χ1v) is 7.07. The van der Waals surface area contributed by atoms with E-state index in [0.717, 1.165) is 30.0 Å². The molecular formula is C15H22N2O. The van der Waals surface area contributed by atoms with Crippen molar-refractivity contribution in [1.82, 2.24) is 10.3 Å². The van der Waals surface area contributed by atoms with Gasteiger partial charge in [-0.1, -0.05) is 13.3 Å². The fourth-order valence-electron chi connectivity index (χ4n) is 3.78. The summed E-state index contributed by atoms with van der Waals surface area (Å²) in [6, 6.07) is 2.60. The maximum Gasteiger partial charge on any atom is 0.137 e. The number of nitrogens with zero attached hydrogens (tertiary/aromatic N) is 1. The normalized spacial score (nSPS) is 30.9. The second-order valence-electron chi connectivity index (χ2n) is 5.53. The minimum absolute atomic E-state index is 0.466. The van der Waals surface area contributed by atoms with Crippen LogP contribution in [0.4, 0.5) is 0 Å². The number of methoxy groups -OCH3 is 1. The molecule has 0 bridgehead atoms. The Morgan fingerprint density at radius 3 is 2.83 bits per heavy atom. The highest BCUT2D eigenvalue weighted by molar-refractivity contribution is 5.28. The van der Waals surface area contributed by atoms with Crippen molar-refractivity contribution in [2.24, 2.45) is 17.8 Å². The summed E-state index contributed by atoms with van der Waals surface area (Å²) in [4.78, 5) is 4.30. The summed E-state index contributed by atoms with van der Waals surface area (Å²) in [5.41, 5.74) is 1.29. The molecule has 3 rings (SSSR count). The van der Waals surface area contributed by atoms with Crippen LogP contribution in [0.5, 0.6) is 5.75 Å². The van der Waals surface area contributed by atoms with Gasteiger partial charge in [0, 0.05) is 12.2 Å². The van der Waals surface area contributed by atoms with E-state index in [1.165, 1.54) is 24.8 Å². The Morgan fingerprint density at radius 1 is 1.39 bits per heavy atom. The van der Waals surface area contributed by atoms with Gasteiger partial charge in [0.25, 0.3) is 0 Å². The molecule has 1 heterocycles. The molecule has 3 nitrogen and oxygen atoms in total. The van der Waals surface area contributed by atoms with E-state index in [-0.39, 0.29) is 0 Å². The summed E-state index contributed by atoms with van der Waals surface area (Å²) in [5, 5.41) is 3.65. The third-order valence-corrected chi connectivity index (χ3v) is 4.61. The van der Waals surface area contributed by atoms with Crippen LogP contribution in [0.3, 0.4) is 0 Å². The predicted molar refractivity (Wildman–Crippen MR) is 71.5 cm³/mol. The molecule has 2 saturated carbocycles. The SMILES string of the molecule is CCNC(c1cncc(OC)c1)C1C2CCCC21. The van der Waals surface area contributed by atoms with Crippen molar-refractivity contribution < 1.29 is 4.74 Å². The molecule has 0 amide bonds. The number of ether oxygens (including phenoxy) is 1. The molecule has 3 unspecified atom stereocenters. The maximum absolute atomic E-state index is 5.29. The molecule has 2 aliphatic carbocycles. The van der Waals surface area contributed by atoms with Gasteiger partial charge in [-0.15, -0.1) is 0 Å². The highest BCUT2D eigenvalue weighted by Crippen LogP contribution is 2.62. The van der Waals surface area contributed by atoms with Crippen LogP contribution in [-0.2, 0) is 0 Å². The van der Waals surface area contributed by atoms with Gasteiger partial charge in [-0.2, -0.15) is 0 Å². The number of fused-ring (bicyclic) bond motifs is 1. The molecule has 0 aliphatic heterocycles. The third kappa shape index (κ3) is 2.01. The first kappa shape index (κ1) is 12.0. The van der Waals surface area contributed by atoms with Crippen molar-refractivity contribution >= 4 is 0 Å². The van der Waals surface area contributed by atoms with Gasteiger partial charge < -0.3 is 10.1 Å². The first-order chi connectivity index (χ1) is 8.85. The van der Waals surface area contributed by atoms with Crippen molar-refractivity contribution in [2.75, 3.05) is 13.7 Å². The average molecular weight is 246 g/mol. The van der Waals surface area contributed by atoms with Gasteiger partial charge in [0.2, 0.25) is 0 Å². The molecule has 3 atom stereocenters. The highest BCUT2D eigenvalue weighted by atomic mass is 16.5. The van der Waals surface area contributed by atoms with E-state index in [4.69, 9.17) is 4.74 Å². The van der Waals surface area contributed by atoms with Gasteiger partial charge in [-0.25, -0.2) is 0 Å². The number of hydrogen-bond acceptors (Lipinski definition) is 3. The van der Waals surface area contributed by atoms with Gasteiger partial charge in [-0.3, -0.25) is 4.98 Å². The number of nitrogens with one attached hydrogen (secondary N) is 1. The van der Waals surface area contributed by atoms with Crippen LogP contribution in [0, 0.1) is 17.8 Å². The van der Waals surface area contributed by atoms with Crippen LogP contribution in [0.1, 0.15) is 37.8 Å². The molecule has 3 heteroatoms. The molecule has 0 saturated heterocycles. The van der Waals surface area contributed by atoms with Gasteiger partial charge in [0.15, 0.2) is 0 Å². The number of aromatic nitrogens is 1. The molecule has 1 N–H and O–H groups in total. The first-order valence-electron chi connectivity index (χ1n) is 7.07. The molecule has 1 aromatic heterocycles. The zero-order valence-corrected chi connectivity index (χ0v) is 11.2. The minimum Gasteiger partial charge on any atom is -0.495 e. The van der Waals surface area contributed by atoms with Crippen molar-refractivity contribution in [3.63, 3.8) is 0 Å². The summed E-state index contributed by atoms with van der Waals surface area (Å²) in [7, 11) is 1.70. The number of hydrogen-bond donors (Lipinski definition) is 1. The average Bonchev–Trinajstić information content (AvgIpc) is 2.87. The number of pyridine rings is 1. The minimum atomic E-state index is 0.466. The predicted octanol–water partition coefficient (Wildman–Crippen LogP) is 2.79. The third-order valence-electron chi connectivity index (χ3n) is 4.61. The second kappa shape index (κ2) is 4.88. The lowest BCUT2D eigenvalue weighted by molar-refractivity contribution is 0.402. The lowest BCUT2D eigenvalue weighted by Crippen LogP contribution is -2.24. The lowest BCUT2D eigenvalue weighted by Gasteiger charge is -2.20. The van der Waals surface area contributed by atoms with E-state index in [2.05, 4.69) is 23.3 Å². The fraction of sp³-hybridized carbons (Fsp3) is 0.667. The van der Waals surface area contributed by atoms with E-state index in [1.54, 1.807) is 13.3 Å². The van der Waals surface area contributed by atoms with E-state index in [0.29, 0.717) is 6.04 Å². The quantitative estimate of drug-likeness (QED) is 0.867. The van der Waals surface area contributed by atoms with Crippen molar-refractivity contribution in [3.05, 3.63) is 24.0 Å². The van der Waals surface area contributed by atoms with Gasteiger partial charge in [0.1, 0.15) is 5.75 Å². The summed E-state index contributed by atoms with van der Waals surface area (Å²) in [6.07, 6.45) is 8.05. The second-order valence-corrected chi connectivity index (χ2v) is 5.53. The monoisotopic (exact) mass is 246 g/mol. The highest BCUT2D eigenvalue weighted by Gasteiger charge is 2.55. The fourth-order valence-corrected chi connectivity index (χ4v) is 3.78.